The van der Waals surface area contributed by atoms with Crippen LogP contribution in [0.4, 0.5) is 4.79 Å². The molecule has 6 nitrogen and oxygen atoms in total. The smallest absolute Gasteiger partial charge is 0.356 e. The number of primary amides is 1. The summed E-state index contributed by atoms with van der Waals surface area (Å²) in [6.07, 6.45) is 2.20. The Morgan fingerprint density at radius 1 is 1.46 bits per heavy atom. The summed E-state index contributed by atoms with van der Waals surface area (Å²) in [6, 6.07) is -0.980. The highest BCUT2D eigenvalue weighted by atomic mass is 16.5. The van der Waals surface area contributed by atoms with Gasteiger partial charge in [-0.15, -0.1) is 0 Å². The average molecular weight is 189 g/mol. The van der Waals surface area contributed by atoms with Gasteiger partial charge >= 0.3 is 6.03 Å². The quantitative estimate of drug-likeness (QED) is 0.387. The lowest BCUT2D eigenvalue weighted by molar-refractivity contribution is -0.913. The minimum atomic E-state index is -0.809. The van der Waals surface area contributed by atoms with Crippen molar-refractivity contribution in [1.82, 2.24) is 5.43 Å². The molecule has 0 aromatic heterocycles. The molecule has 1 unspecified atom stereocenters. The third-order valence-corrected chi connectivity index (χ3v) is 2.31. The predicted octanol–water partition coefficient (Wildman–Crippen LogP) is -1.74. The van der Waals surface area contributed by atoms with Crippen LogP contribution in [-0.2, 0) is 0 Å². The van der Waals surface area contributed by atoms with E-state index in [-0.39, 0.29) is 17.3 Å². The largest absolute Gasteiger partial charge is 0.608 e. The topological polar surface area (TPSA) is 103 Å². The SMILES string of the molecule is NC(=O)N[NH+]([O-])C1CCC(O)CC1. The molecule has 0 spiro atoms. The molecule has 0 saturated heterocycles. The van der Waals surface area contributed by atoms with E-state index in [9.17, 15) is 10.0 Å². The first-order valence-electron chi connectivity index (χ1n) is 4.38. The molecule has 0 heterocycles. The van der Waals surface area contributed by atoms with Crippen LogP contribution in [0.3, 0.4) is 0 Å². The van der Waals surface area contributed by atoms with E-state index in [2.05, 4.69) is 0 Å². The predicted molar refractivity (Wildman–Crippen MR) is 45.3 cm³/mol. The number of aliphatic hydroxyl groups is 1. The van der Waals surface area contributed by atoms with Crippen molar-refractivity contribution in [2.24, 2.45) is 5.73 Å². The van der Waals surface area contributed by atoms with Crippen LogP contribution in [0.25, 0.3) is 0 Å². The number of quaternary nitrogens is 1. The van der Waals surface area contributed by atoms with Crippen LogP contribution in [0, 0.1) is 5.21 Å². The molecule has 2 amide bonds. The molecule has 1 aliphatic rings. The van der Waals surface area contributed by atoms with Crippen LogP contribution in [-0.4, -0.2) is 23.3 Å². The number of hydrogen-bond acceptors (Lipinski definition) is 3. The van der Waals surface area contributed by atoms with Gasteiger partial charge in [-0.2, -0.15) is 5.43 Å². The van der Waals surface area contributed by atoms with Gasteiger partial charge in [-0.1, -0.05) is 0 Å². The highest BCUT2D eigenvalue weighted by molar-refractivity contribution is 5.70. The fraction of sp³-hybridized carbons (Fsp3) is 0.857. The number of hydrogen-bond donors (Lipinski definition) is 4. The Balaban J connectivity index is 2.31. The Hall–Kier alpha value is -0.850. The molecular weight excluding hydrogens is 174 g/mol. The lowest BCUT2D eigenvalue weighted by Crippen LogP contribution is -3.18. The molecule has 0 radical (unpaired) electrons. The van der Waals surface area contributed by atoms with Gasteiger partial charge in [0.15, 0.2) is 0 Å². The number of nitrogens with one attached hydrogen (secondary N) is 2. The molecule has 0 aliphatic heterocycles. The molecule has 1 fully saturated rings. The lowest BCUT2D eigenvalue weighted by Gasteiger charge is -2.33. The molecule has 0 aromatic rings. The van der Waals surface area contributed by atoms with Gasteiger partial charge in [-0.3, -0.25) is 5.17 Å². The van der Waals surface area contributed by atoms with Gasteiger partial charge in [0.2, 0.25) is 0 Å². The number of amides is 2. The van der Waals surface area contributed by atoms with Crippen molar-refractivity contribution >= 4 is 6.03 Å². The van der Waals surface area contributed by atoms with Crippen molar-refractivity contribution in [3.8, 4) is 0 Å². The zero-order chi connectivity index (χ0) is 9.84. The van der Waals surface area contributed by atoms with Crippen molar-refractivity contribution < 1.29 is 15.1 Å². The third-order valence-electron chi connectivity index (χ3n) is 2.31. The standard InChI is InChI=1S/C7H15N3O3/c8-7(12)9-10(13)5-1-3-6(11)4-2-5/h5-6,10-11H,1-4H2,(H3,8,9,12). The Labute approximate surface area is 76.2 Å². The molecule has 6 heteroatoms. The third kappa shape index (κ3) is 3.17. The maximum Gasteiger partial charge on any atom is 0.356 e. The second-order valence-electron chi connectivity index (χ2n) is 3.36. The highest BCUT2D eigenvalue weighted by Gasteiger charge is 2.24. The summed E-state index contributed by atoms with van der Waals surface area (Å²) in [5.41, 5.74) is 6.85. The molecule has 13 heavy (non-hydrogen) atoms. The number of carbonyl (C=O) groups excluding carboxylic acids is 1. The van der Waals surface area contributed by atoms with Crippen molar-refractivity contribution in [1.29, 1.82) is 0 Å². The minimum absolute atomic E-state index is 0.170. The van der Waals surface area contributed by atoms with Gasteiger partial charge in [0, 0.05) is 12.8 Å². The van der Waals surface area contributed by atoms with Crippen LogP contribution in [0.5, 0.6) is 0 Å². The van der Waals surface area contributed by atoms with Crippen molar-refractivity contribution in [3.05, 3.63) is 5.21 Å². The number of nitrogens with two attached hydrogens (primary N) is 1. The Morgan fingerprint density at radius 3 is 2.46 bits per heavy atom. The maximum atomic E-state index is 11.2. The Bertz CT molecular complexity index is 180. The first kappa shape index (κ1) is 10.2. The fourth-order valence-corrected chi connectivity index (χ4v) is 1.56. The van der Waals surface area contributed by atoms with Gasteiger partial charge in [-0.25, -0.2) is 4.79 Å². The zero-order valence-electron chi connectivity index (χ0n) is 7.32. The summed E-state index contributed by atoms with van der Waals surface area (Å²) in [4.78, 5) is 10.4. The maximum absolute atomic E-state index is 11.2. The lowest BCUT2D eigenvalue weighted by atomic mass is 9.93. The van der Waals surface area contributed by atoms with E-state index in [1.165, 1.54) is 0 Å². The molecule has 1 aliphatic carbocycles. The number of urea groups is 1. The number of rotatable bonds is 2. The van der Waals surface area contributed by atoms with Gasteiger partial charge in [0.1, 0.15) is 6.04 Å². The minimum Gasteiger partial charge on any atom is -0.608 e. The van der Waals surface area contributed by atoms with Gasteiger partial charge in [0.05, 0.1) is 6.10 Å². The molecule has 5 N–H and O–H groups in total. The summed E-state index contributed by atoms with van der Waals surface area (Å²) in [7, 11) is 0. The van der Waals surface area contributed by atoms with Crippen molar-refractivity contribution in [2.45, 2.75) is 37.8 Å². The Kier molecular flexibility index (Phi) is 3.47. The van der Waals surface area contributed by atoms with Crippen LogP contribution >= 0.6 is 0 Å². The van der Waals surface area contributed by atoms with E-state index in [0.717, 1.165) is 0 Å². The van der Waals surface area contributed by atoms with Crippen LogP contribution in [0.15, 0.2) is 0 Å². The highest BCUT2D eigenvalue weighted by Crippen LogP contribution is 2.15. The summed E-state index contributed by atoms with van der Waals surface area (Å²) in [5.74, 6) is 0. The zero-order valence-corrected chi connectivity index (χ0v) is 7.32. The van der Waals surface area contributed by atoms with E-state index in [1.54, 1.807) is 0 Å². The normalized spacial score (nSPS) is 30.9. The van der Waals surface area contributed by atoms with Crippen molar-refractivity contribution in [3.63, 3.8) is 0 Å². The molecule has 0 aromatic carbocycles. The molecule has 1 atom stereocenters. The second kappa shape index (κ2) is 4.40. The molecule has 1 saturated carbocycles. The fourth-order valence-electron chi connectivity index (χ4n) is 1.56. The van der Waals surface area contributed by atoms with Crippen LogP contribution in [0.2, 0.25) is 0 Å². The first-order chi connectivity index (χ1) is 6.09. The first-order valence-corrected chi connectivity index (χ1v) is 4.38. The van der Waals surface area contributed by atoms with E-state index < -0.39 is 6.03 Å². The van der Waals surface area contributed by atoms with E-state index in [0.29, 0.717) is 25.7 Å². The molecule has 1 rings (SSSR count). The summed E-state index contributed by atoms with van der Waals surface area (Å²) in [6.45, 7) is 0. The molecule has 0 bridgehead atoms. The van der Waals surface area contributed by atoms with Crippen LogP contribution in [0.1, 0.15) is 25.7 Å². The van der Waals surface area contributed by atoms with E-state index >= 15 is 0 Å². The van der Waals surface area contributed by atoms with Gasteiger partial charge in [-0.05, 0) is 12.8 Å². The second-order valence-corrected chi connectivity index (χ2v) is 3.36. The van der Waals surface area contributed by atoms with E-state index in [1.807, 2.05) is 5.43 Å². The molecule has 76 valence electrons. The van der Waals surface area contributed by atoms with Gasteiger partial charge in [0.25, 0.3) is 0 Å². The summed E-state index contributed by atoms with van der Waals surface area (Å²) < 4.78 is 0. The van der Waals surface area contributed by atoms with E-state index in [4.69, 9.17) is 10.8 Å². The number of aliphatic hydroxyl groups excluding tert-OH is 1. The number of carbonyl (C=O) groups is 1. The molecular formula is C7H15N3O3. The summed E-state index contributed by atoms with van der Waals surface area (Å²) in [5, 5.41) is 20.1. The van der Waals surface area contributed by atoms with Crippen LogP contribution < -0.4 is 16.3 Å². The van der Waals surface area contributed by atoms with Crippen molar-refractivity contribution in [2.75, 3.05) is 0 Å². The van der Waals surface area contributed by atoms with Gasteiger partial charge < -0.3 is 16.0 Å². The average Bonchev–Trinajstić information content (AvgIpc) is 2.04. The summed E-state index contributed by atoms with van der Waals surface area (Å²) >= 11 is 0. The number of hydroxylamine groups is 1. The Morgan fingerprint density at radius 2 is 2.00 bits per heavy atom. The monoisotopic (exact) mass is 189 g/mol.